The van der Waals surface area contributed by atoms with E-state index in [1.165, 1.54) is 29.8 Å². The molecule has 3 aromatic rings. The summed E-state index contributed by atoms with van der Waals surface area (Å²) in [6, 6.07) is 16.5. The highest BCUT2D eigenvalue weighted by molar-refractivity contribution is 7.10. The molecule has 31 heavy (non-hydrogen) atoms. The minimum Gasteiger partial charge on any atom is -0.397 e. The Hall–Kier alpha value is -2.99. The molecule has 6 heteroatoms. The molecule has 1 atom stereocenters. The standard InChI is InChI=1S/C25H28N4OS/c1-17(24-6-5-13-31-24)27-23-10-8-20(15-22(23)26)29-16-18-14-19(7-9-21(18)25(29)30)28-11-3-2-4-12-28/h5-10,13-15,17,27H,2-4,11-12,16,26H2,1H3. The number of nitrogens with two attached hydrogens (primary N) is 1. The van der Waals surface area contributed by atoms with Crippen LogP contribution in [0.15, 0.2) is 53.9 Å². The summed E-state index contributed by atoms with van der Waals surface area (Å²) in [5.74, 6) is 0.0484. The molecule has 1 aromatic heterocycles. The number of nitrogens with zero attached hydrogens (tertiary/aromatic N) is 2. The summed E-state index contributed by atoms with van der Waals surface area (Å²) in [5.41, 5.74) is 11.9. The fourth-order valence-electron chi connectivity index (χ4n) is 4.56. The number of thiophene rings is 1. The molecule has 1 fully saturated rings. The molecule has 5 rings (SSSR count). The maximum Gasteiger partial charge on any atom is 0.258 e. The fraction of sp³-hybridized carbons (Fsp3) is 0.320. The van der Waals surface area contributed by atoms with Crippen molar-refractivity contribution in [2.75, 3.05) is 33.9 Å². The number of benzene rings is 2. The fourth-order valence-corrected chi connectivity index (χ4v) is 5.29. The van der Waals surface area contributed by atoms with Gasteiger partial charge in [-0.2, -0.15) is 0 Å². The molecule has 0 spiro atoms. The van der Waals surface area contributed by atoms with E-state index < -0.39 is 0 Å². The van der Waals surface area contributed by atoms with Crippen LogP contribution in [0, 0.1) is 0 Å². The predicted molar refractivity (Wildman–Crippen MR) is 130 cm³/mol. The van der Waals surface area contributed by atoms with Crippen LogP contribution in [0.3, 0.4) is 0 Å². The Labute approximate surface area is 187 Å². The molecule has 0 aliphatic carbocycles. The highest BCUT2D eigenvalue weighted by atomic mass is 32.1. The second-order valence-electron chi connectivity index (χ2n) is 8.43. The SMILES string of the molecule is CC(Nc1ccc(N2Cc3cc(N4CCCCC4)ccc3C2=O)cc1N)c1cccs1. The van der Waals surface area contributed by atoms with E-state index in [1.807, 2.05) is 29.2 Å². The van der Waals surface area contributed by atoms with Gasteiger partial charge in [-0.05, 0) is 79.6 Å². The number of carbonyl (C=O) groups excluding carboxylic acids is 1. The third-order valence-electron chi connectivity index (χ3n) is 6.30. The molecule has 0 saturated carbocycles. The van der Waals surface area contributed by atoms with Gasteiger partial charge in [0.25, 0.3) is 5.91 Å². The second kappa shape index (κ2) is 8.27. The number of fused-ring (bicyclic) bond motifs is 1. The van der Waals surface area contributed by atoms with Crippen LogP contribution in [0.5, 0.6) is 0 Å². The molecule has 2 aliphatic rings. The lowest BCUT2D eigenvalue weighted by Crippen LogP contribution is -2.29. The largest absolute Gasteiger partial charge is 0.397 e. The molecule has 2 aliphatic heterocycles. The number of piperidine rings is 1. The quantitative estimate of drug-likeness (QED) is 0.511. The third-order valence-corrected chi connectivity index (χ3v) is 7.36. The molecular formula is C25H28N4OS. The zero-order valence-electron chi connectivity index (χ0n) is 17.8. The number of hydrogen-bond donors (Lipinski definition) is 2. The second-order valence-corrected chi connectivity index (χ2v) is 9.41. The van der Waals surface area contributed by atoms with Crippen LogP contribution in [0.1, 0.15) is 53.0 Å². The van der Waals surface area contributed by atoms with E-state index in [0.29, 0.717) is 12.2 Å². The van der Waals surface area contributed by atoms with E-state index in [0.717, 1.165) is 35.6 Å². The van der Waals surface area contributed by atoms with Gasteiger partial charge in [-0.1, -0.05) is 6.07 Å². The average molecular weight is 433 g/mol. The van der Waals surface area contributed by atoms with E-state index in [-0.39, 0.29) is 11.9 Å². The zero-order valence-corrected chi connectivity index (χ0v) is 18.6. The van der Waals surface area contributed by atoms with Crippen molar-refractivity contribution < 1.29 is 4.79 Å². The minimum absolute atomic E-state index is 0.0484. The van der Waals surface area contributed by atoms with Crippen molar-refractivity contribution in [1.82, 2.24) is 0 Å². The predicted octanol–water partition coefficient (Wildman–Crippen LogP) is 5.65. The molecule has 0 radical (unpaired) electrons. The Morgan fingerprint density at radius 2 is 1.84 bits per heavy atom. The van der Waals surface area contributed by atoms with Crippen molar-refractivity contribution in [3.63, 3.8) is 0 Å². The molecule has 1 unspecified atom stereocenters. The first kappa shape index (κ1) is 19.9. The van der Waals surface area contributed by atoms with Crippen molar-refractivity contribution >= 4 is 40.0 Å². The van der Waals surface area contributed by atoms with Crippen LogP contribution in [-0.2, 0) is 6.54 Å². The van der Waals surface area contributed by atoms with Crippen LogP contribution in [-0.4, -0.2) is 19.0 Å². The first-order chi connectivity index (χ1) is 15.1. The number of carbonyl (C=O) groups is 1. The number of nitrogens with one attached hydrogen (secondary N) is 1. The average Bonchev–Trinajstić information content (AvgIpc) is 3.44. The topological polar surface area (TPSA) is 61.6 Å². The molecule has 0 bridgehead atoms. The molecular weight excluding hydrogens is 404 g/mol. The van der Waals surface area contributed by atoms with E-state index in [1.54, 1.807) is 11.3 Å². The molecule has 3 N–H and O–H groups in total. The summed E-state index contributed by atoms with van der Waals surface area (Å²) in [5, 5.41) is 5.56. The summed E-state index contributed by atoms with van der Waals surface area (Å²) in [6.45, 7) is 4.92. The Balaban J connectivity index is 1.34. The van der Waals surface area contributed by atoms with Gasteiger partial charge in [0.05, 0.1) is 24.0 Å². The van der Waals surface area contributed by atoms with Crippen molar-refractivity contribution in [3.8, 4) is 0 Å². The molecule has 5 nitrogen and oxygen atoms in total. The monoisotopic (exact) mass is 432 g/mol. The van der Waals surface area contributed by atoms with Crippen LogP contribution >= 0.6 is 11.3 Å². The highest BCUT2D eigenvalue weighted by Gasteiger charge is 2.29. The van der Waals surface area contributed by atoms with Crippen LogP contribution in [0.2, 0.25) is 0 Å². The van der Waals surface area contributed by atoms with Crippen molar-refractivity contribution in [1.29, 1.82) is 0 Å². The van der Waals surface area contributed by atoms with E-state index in [4.69, 9.17) is 5.73 Å². The van der Waals surface area contributed by atoms with Crippen LogP contribution in [0.25, 0.3) is 0 Å². The van der Waals surface area contributed by atoms with Crippen molar-refractivity contribution in [3.05, 3.63) is 69.9 Å². The number of anilines is 4. The first-order valence-electron chi connectivity index (χ1n) is 11.0. The summed E-state index contributed by atoms with van der Waals surface area (Å²) < 4.78 is 0. The maximum atomic E-state index is 13.1. The number of hydrogen-bond acceptors (Lipinski definition) is 5. The van der Waals surface area contributed by atoms with E-state index in [9.17, 15) is 4.79 Å². The Kier molecular flexibility index (Phi) is 5.32. The van der Waals surface area contributed by atoms with Gasteiger partial charge < -0.3 is 20.9 Å². The summed E-state index contributed by atoms with van der Waals surface area (Å²) in [6.07, 6.45) is 3.80. The van der Waals surface area contributed by atoms with E-state index in [2.05, 4.69) is 46.8 Å². The molecule has 160 valence electrons. The van der Waals surface area contributed by atoms with Gasteiger partial charge in [-0.25, -0.2) is 0 Å². The van der Waals surface area contributed by atoms with Gasteiger partial charge in [-0.3, -0.25) is 4.79 Å². The van der Waals surface area contributed by atoms with Crippen molar-refractivity contribution in [2.45, 2.75) is 38.8 Å². The van der Waals surface area contributed by atoms with Crippen molar-refractivity contribution in [2.24, 2.45) is 0 Å². The van der Waals surface area contributed by atoms with Gasteiger partial charge in [0.15, 0.2) is 0 Å². The van der Waals surface area contributed by atoms with Gasteiger partial charge in [0.2, 0.25) is 0 Å². The normalized spacial score (nSPS) is 17.0. The minimum atomic E-state index is 0.0484. The third kappa shape index (κ3) is 3.88. The number of rotatable bonds is 5. The molecule has 1 saturated heterocycles. The lowest BCUT2D eigenvalue weighted by atomic mass is 10.1. The molecule has 3 heterocycles. The summed E-state index contributed by atoms with van der Waals surface area (Å²) in [7, 11) is 0. The Morgan fingerprint density at radius 1 is 1.03 bits per heavy atom. The first-order valence-corrected chi connectivity index (χ1v) is 11.9. The molecule has 2 aromatic carbocycles. The van der Waals surface area contributed by atoms with Gasteiger partial charge in [0, 0.05) is 34.9 Å². The van der Waals surface area contributed by atoms with Gasteiger partial charge in [0.1, 0.15) is 0 Å². The number of nitrogen functional groups attached to an aromatic ring is 1. The number of amides is 1. The highest BCUT2D eigenvalue weighted by Crippen LogP contribution is 2.35. The van der Waals surface area contributed by atoms with E-state index >= 15 is 0 Å². The summed E-state index contributed by atoms with van der Waals surface area (Å²) >= 11 is 1.72. The van der Waals surface area contributed by atoms with Crippen LogP contribution in [0.4, 0.5) is 22.7 Å². The smallest absolute Gasteiger partial charge is 0.258 e. The van der Waals surface area contributed by atoms with Gasteiger partial charge >= 0.3 is 0 Å². The lowest BCUT2D eigenvalue weighted by molar-refractivity contribution is 0.0996. The van der Waals surface area contributed by atoms with Crippen LogP contribution < -0.4 is 20.9 Å². The van der Waals surface area contributed by atoms with Gasteiger partial charge in [-0.15, -0.1) is 11.3 Å². The summed E-state index contributed by atoms with van der Waals surface area (Å²) in [4.78, 5) is 18.6. The zero-order chi connectivity index (χ0) is 21.4. The molecule has 1 amide bonds. The lowest BCUT2D eigenvalue weighted by Gasteiger charge is -2.29. The Bertz CT molecular complexity index is 1090. The Morgan fingerprint density at radius 3 is 2.58 bits per heavy atom. The maximum absolute atomic E-state index is 13.1.